The number of terminal acetylenes is 1. The lowest BCUT2D eigenvalue weighted by Gasteiger charge is -1.99. The number of methoxy groups -OCH3 is 1. The topological polar surface area (TPSA) is 48.1 Å². The minimum absolute atomic E-state index is 0.468. The highest BCUT2D eigenvalue weighted by atomic mass is 32.1. The fraction of sp³-hybridized carbons (Fsp3) is 0.133. The van der Waals surface area contributed by atoms with Gasteiger partial charge in [-0.3, -0.25) is 0 Å². The van der Waals surface area contributed by atoms with E-state index in [9.17, 15) is 0 Å². The third kappa shape index (κ3) is 3.02. The number of nitrogens with two attached hydrogens (primary N) is 1. The second kappa shape index (κ2) is 6.19. The molecule has 0 atom stereocenters. The van der Waals surface area contributed by atoms with Gasteiger partial charge in [-0.05, 0) is 24.3 Å². The third-order valence-corrected chi connectivity index (χ3v) is 3.66. The first-order chi connectivity index (χ1) is 9.28. The molecule has 2 rings (SSSR count). The van der Waals surface area contributed by atoms with Crippen LogP contribution in [0.1, 0.15) is 0 Å². The number of thiazole rings is 1. The molecule has 0 aliphatic heterocycles. The SMILES string of the molecule is C#C/C=c1/nc(-c2ccc(OC)cc2)s/c1=C/CN. The van der Waals surface area contributed by atoms with Gasteiger partial charge in [-0.15, -0.1) is 17.8 Å². The third-order valence-electron chi connectivity index (χ3n) is 2.54. The Hall–Kier alpha value is -2.09. The lowest BCUT2D eigenvalue weighted by Crippen LogP contribution is -2.21. The molecule has 0 amide bonds. The van der Waals surface area contributed by atoms with E-state index in [2.05, 4.69) is 10.9 Å². The van der Waals surface area contributed by atoms with Gasteiger partial charge < -0.3 is 10.5 Å². The zero-order valence-electron chi connectivity index (χ0n) is 10.6. The van der Waals surface area contributed by atoms with Crippen LogP contribution in [0.25, 0.3) is 22.7 Å². The van der Waals surface area contributed by atoms with E-state index in [-0.39, 0.29) is 0 Å². The average Bonchev–Trinajstić information content (AvgIpc) is 2.83. The van der Waals surface area contributed by atoms with Gasteiger partial charge in [-0.2, -0.15) is 0 Å². The second-order valence-corrected chi connectivity index (χ2v) is 4.78. The van der Waals surface area contributed by atoms with Crippen molar-refractivity contribution in [2.75, 3.05) is 13.7 Å². The molecule has 0 radical (unpaired) electrons. The molecule has 1 aromatic carbocycles. The van der Waals surface area contributed by atoms with Crippen LogP contribution in [0.5, 0.6) is 5.75 Å². The zero-order chi connectivity index (χ0) is 13.7. The van der Waals surface area contributed by atoms with Crippen LogP contribution in [0.3, 0.4) is 0 Å². The molecule has 0 fully saturated rings. The quantitative estimate of drug-likeness (QED) is 0.846. The van der Waals surface area contributed by atoms with Crippen LogP contribution in [0.2, 0.25) is 0 Å². The molecule has 2 aromatic rings. The van der Waals surface area contributed by atoms with Crippen molar-refractivity contribution >= 4 is 23.5 Å². The van der Waals surface area contributed by atoms with Gasteiger partial charge in [0, 0.05) is 18.2 Å². The summed E-state index contributed by atoms with van der Waals surface area (Å²) in [5.41, 5.74) is 6.59. The van der Waals surface area contributed by atoms with Crippen molar-refractivity contribution in [1.29, 1.82) is 0 Å². The van der Waals surface area contributed by atoms with Gasteiger partial charge in [0.2, 0.25) is 0 Å². The Morgan fingerprint density at radius 3 is 2.74 bits per heavy atom. The monoisotopic (exact) mass is 270 g/mol. The fourth-order valence-corrected chi connectivity index (χ4v) is 2.63. The summed E-state index contributed by atoms with van der Waals surface area (Å²) in [4.78, 5) is 4.54. The van der Waals surface area contributed by atoms with Gasteiger partial charge in [0.15, 0.2) is 0 Å². The number of hydrogen-bond acceptors (Lipinski definition) is 4. The molecular weight excluding hydrogens is 256 g/mol. The van der Waals surface area contributed by atoms with Crippen LogP contribution in [0.4, 0.5) is 0 Å². The Balaban J connectivity index is 2.52. The molecule has 3 nitrogen and oxygen atoms in total. The Morgan fingerprint density at radius 1 is 1.42 bits per heavy atom. The number of ether oxygens (including phenoxy) is 1. The number of benzene rings is 1. The fourth-order valence-electron chi connectivity index (χ4n) is 1.64. The molecule has 0 unspecified atom stereocenters. The van der Waals surface area contributed by atoms with Crippen molar-refractivity contribution in [2.45, 2.75) is 0 Å². The van der Waals surface area contributed by atoms with Gasteiger partial charge in [0.25, 0.3) is 0 Å². The van der Waals surface area contributed by atoms with Gasteiger partial charge in [-0.25, -0.2) is 4.98 Å². The Kier molecular flexibility index (Phi) is 4.35. The molecule has 1 aromatic heterocycles. The Labute approximate surface area is 116 Å². The van der Waals surface area contributed by atoms with E-state index in [0.29, 0.717) is 6.54 Å². The van der Waals surface area contributed by atoms with E-state index in [1.54, 1.807) is 24.5 Å². The van der Waals surface area contributed by atoms with E-state index in [1.807, 2.05) is 30.3 Å². The predicted octanol–water partition coefficient (Wildman–Crippen LogP) is 0.972. The zero-order valence-corrected chi connectivity index (χ0v) is 11.4. The molecule has 0 aliphatic rings. The lowest BCUT2D eigenvalue weighted by atomic mass is 10.2. The maximum atomic E-state index is 5.55. The van der Waals surface area contributed by atoms with Crippen LogP contribution in [-0.4, -0.2) is 18.6 Å². The van der Waals surface area contributed by atoms with Crippen molar-refractivity contribution in [3.8, 4) is 28.7 Å². The first-order valence-electron chi connectivity index (χ1n) is 5.76. The molecule has 19 heavy (non-hydrogen) atoms. The molecule has 0 spiro atoms. The van der Waals surface area contributed by atoms with Gasteiger partial charge in [0.1, 0.15) is 10.8 Å². The van der Waals surface area contributed by atoms with Crippen molar-refractivity contribution < 1.29 is 4.74 Å². The highest BCUT2D eigenvalue weighted by molar-refractivity contribution is 7.13. The Bertz CT molecular complexity index is 708. The summed E-state index contributed by atoms with van der Waals surface area (Å²) in [6.07, 6.45) is 8.89. The van der Waals surface area contributed by atoms with E-state index in [1.165, 1.54) is 0 Å². The Morgan fingerprint density at radius 2 is 2.16 bits per heavy atom. The molecule has 4 heteroatoms. The summed E-state index contributed by atoms with van der Waals surface area (Å²) in [6.45, 7) is 0.468. The van der Waals surface area contributed by atoms with Crippen molar-refractivity contribution in [1.82, 2.24) is 4.98 Å². The van der Waals surface area contributed by atoms with Crippen LogP contribution in [-0.2, 0) is 0 Å². The minimum Gasteiger partial charge on any atom is -0.497 e. The highest BCUT2D eigenvalue weighted by Crippen LogP contribution is 2.21. The van der Waals surface area contributed by atoms with E-state index < -0.39 is 0 Å². The van der Waals surface area contributed by atoms with E-state index in [0.717, 1.165) is 26.2 Å². The van der Waals surface area contributed by atoms with Crippen molar-refractivity contribution in [2.24, 2.45) is 5.73 Å². The molecule has 2 N–H and O–H groups in total. The maximum Gasteiger partial charge on any atom is 0.124 e. The van der Waals surface area contributed by atoms with E-state index in [4.69, 9.17) is 16.9 Å². The summed E-state index contributed by atoms with van der Waals surface area (Å²) >= 11 is 1.58. The number of nitrogens with zero attached hydrogens (tertiary/aromatic N) is 1. The van der Waals surface area contributed by atoms with Crippen LogP contribution in [0, 0.1) is 12.3 Å². The molecule has 0 bridgehead atoms. The summed E-state index contributed by atoms with van der Waals surface area (Å²) in [6, 6.07) is 7.77. The minimum atomic E-state index is 0.468. The summed E-state index contributed by atoms with van der Waals surface area (Å²) in [5.74, 6) is 3.33. The smallest absolute Gasteiger partial charge is 0.124 e. The first kappa shape index (κ1) is 13.3. The molecule has 0 saturated carbocycles. The molecule has 0 saturated heterocycles. The van der Waals surface area contributed by atoms with Crippen LogP contribution in [0.15, 0.2) is 24.3 Å². The van der Waals surface area contributed by atoms with Gasteiger partial charge in [-0.1, -0.05) is 12.0 Å². The average molecular weight is 270 g/mol. The molecular formula is C15H14N2OS. The second-order valence-electron chi connectivity index (χ2n) is 3.75. The molecule has 0 aliphatic carbocycles. The highest BCUT2D eigenvalue weighted by Gasteiger charge is 2.03. The van der Waals surface area contributed by atoms with E-state index >= 15 is 0 Å². The van der Waals surface area contributed by atoms with Crippen molar-refractivity contribution in [3.05, 3.63) is 34.1 Å². The lowest BCUT2D eigenvalue weighted by molar-refractivity contribution is 0.415. The van der Waals surface area contributed by atoms with Gasteiger partial charge >= 0.3 is 0 Å². The van der Waals surface area contributed by atoms with Crippen molar-refractivity contribution in [3.63, 3.8) is 0 Å². The number of aromatic nitrogens is 1. The first-order valence-corrected chi connectivity index (χ1v) is 6.58. The summed E-state index contributed by atoms with van der Waals surface area (Å²) in [5, 5.41) is 1.72. The molecule has 96 valence electrons. The predicted molar refractivity (Wildman–Crippen MR) is 80.2 cm³/mol. The largest absolute Gasteiger partial charge is 0.497 e. The number of rotatable bonds is 3. The number of hydrogen-bond donors (Lipinski definition) is 1. The van der Waals surface area contributed by atoms with Crippen LogP contribution >= 0.6 is 11.3 Å². The standard InChI is InChI=1S/C15H14N2OS/c1-3-4-13-14(9-10-16)19-15(17-13)11-5-7-12(18-2)8-6-11/h1,4-9H,10,16H2,2H3/b13-4+,14-9+. The normalized spacial score (nSPS) is 12.5. The maximum absolute atomic E-state index is 5.55. The summed E-state index contributed by atoms with van der Waals surface area (Å²) in [7, 11) is 1.65. The molecule has 1 heterocycles. The van der Waals surface area contributed by atoms with Crippen LogP contribution < -0.4 is 20.4 Å². The summed E-state index contributed by atoms with van der Waals surface area (Å²) < 4.78 is 6.14. The van der Waals surface area contributed by atoms with Gasteiger partial charge in [0.05, 0.1) is 17.0 Å².